The smallest absolute Gasteiger partial charge is 0.326 e. The molecule has 1 unspecified atom stereocenters. The number of rotatable bonds is 2. The molecule has 106 valence electrons. The van der Waals surface area contributed by atoms with Crippen LogP contribution < -0.4 is 5.32 Å². The van der Waals surface area contributed by atoms with E-state index in [0.717, 1.165) is 30.6 Å². The lowest BCUT2D eigenvalue weighted by atomic mass is 9.89. The second-order valence-corrected chi connectivity index (χ2v) is 5.38. The Morgan fingerprint density at radius 2 is 2.05 bits per heavy atom. The van der Waals surface area contributed by atoms with Crippen LogP contribution in [-0.4, -0.2) is 41.0 Å². The van der Waals surface area contributed by atoms with Gasteiger partial charge < -0.3 is 15.3 Å². The Morgan fingerprint density at radius 3 is 2.85 bits per heavy atom. The predicted molar refractivity (Wildman–Crippen MR) is 74.7 cm³/mol. The third kappa shape index (κ3) is 2.13. The Labute approximate surface area is 117 Å². The van der Waals surface area contributed by atoms with Gasteiger partial charge >= 0.3 is 5.97 Å². The highest BCUT2D eigenvalue weighted by Gasteiger charge is 2.38. The van der Waals surface area contributed by atoms with Gasteiger partial charge in [0.05, 0.1) is 5.92 Å². The predicted octanol–water partition coefficient (Wildman–Crippen LogP) is 1.66. The molecular formula is C15H18N2O3. The van der Waals surface area contributed by atoms with E-state index in [0.29, 0.717) is 13.0 Å². The van der Waals surface area contributed by atoms with Gasteiger partial charge in [-0.25, -0.2) is 4.79 Å². The van der Waals surface area contributed by atoms with Gasteiger partial charge in [-0.3, -0.25) is 4.79 Å². The molecule has 2 aliphatic heterocycles. The molecule has 20 heavy (non-hydrogen) atoms. The van der Waals surface area contributed by atoms with Crippen molar-refractivity contribution in [2.75, 3.05) is 18.4 Å². The lowest BCUT2D eigenvalue weighted by molar-refractivity contribution is -0.148. The van der Waals surface area contributed by atoms with Gasteiger partial charge in [-0.1, -0.05) is 18.2 Å². The highest BCUT2D eigenvalue weighted by atomic mass is 16.4. The van der Waals surface area contributed by atoms with Crippen molar-refractivity contribution in [2.24, 2.45) is 0 Å². The van der Waals surface area contributed by atoms with E-state index in [-0.39, 0.29) is 11.8 Å². The van der Waals surface area contributed by atoms with Gasteiger partial charge in [0.15, 0.2) is 0 Å². The number of likely N-dealkylation sites (tertiary alicyclic amines) is 1. The normalized spacial score (nSPS) is 24.9. The van der Waals surface area contributed by atoms with Gasteiger partial charge in [0, 0.05) is 18.8 Å². The summed E-state index contributed by atoms with van der Waals surface area (Å²) < 4.78 is 0. The topological polar surface area (TPSA) is 69.6 Å². The van der Waals surface area contributed by atoms with Crippen LogP contribution in [0, 0.1) is 0 Å². The van der Waals surface area contributed by atoms with Crippen LogP contribution in [0.2, 0.25) is 0 Å². The summed E-state index contributed by atoms with van der Waals surface area (Å²) in [5, 5.41) is 12.5. The number of hydrogen-bond donors (Lipinski definition) is 2. The average Bonchev–Trinajstić information content (AvgIpc) is 2.95. The van der Waals surface area contributed by atoms with Crippen LogP contribution in [0.1, 0.15) is 30.7 Å². The van der Waals surface area contributed by atoms with E-state index in [1.807, 2.05) is 24.3 Å². The largest absolute Gasteiger partial charge is 0.480 e. The first-order valence-corrected chi connectivity index (χ1v) is 7.04. The number of carbonyl (C=O) groups excluding carboxylic acids is 1. The number of aliphatic carboxylic acids is 1. The van der Waals surface area contributed by atoms with E-state index in [4.69, 9.17) is 0 Å². The minimum Gasteiger partial charge on any atom is -0.480 e. The molecule has 5 nitrogen and oxygen atoms in total. The molecule has 0 bridgehead atoms. The summed E-state index contributed by atoms with van der Waals surface area (Å²) in [4.78, 5) is 25.5. The Morgan fingerprint density at radius 1 is 1.25 bits per heavy atom. The molecule has 0 aromatic heterocycles. The summed E-state index contributed by atoms with van der Waals surface area (Å²) in [5.74, 6) is -1.14. The first kappa shape index (κ1) is 13.0. The molecule has 0 spiro atoms. The SMILES string of the molecule is O=C(O)[C@H]1CCCN1C(=O)C1CCNc2ccccc21. The number of carbonyl (C=O) groups is 2. The number of nitrogens with zero attached hydrogens (tertiary/aromatic N) is 1. The van der Waals surface area contributed by atoms with Crippen LogP contribution in [0.15, 0.2) is 24.3 Å². The van der Waals surface area contributed by atoms with Crippen molar-refractivity contribution in [1.29, 1.82) is 0 Å². The molecule has 1 fully saturated rings. The van der Waals surface area contributed by atoms with Crippen molar-refractivity contribution in [3.8, 4) is 0 Å². The van der Waals surface area contributed by atoms with Crippen molar-refractivity contribution in [3.05, 3.63) is 29.8 Å². The molecule has 0 radical (unpaired) electrons. The Bertz CT molecular complexity index is 544. The van der Waals surface area contributed by atoms with Gasteiger partial charge in [0.25, 0.3) is 0 Å². The van der Waals surface area contributed by atoms with E-state index in [2.05, 4.69) is 5.32 Å². The van der Waals surface area contributed by atoms with Crippen LogP contribution in [0.25, 0.3) is 0 Å². The van der Waals surface area contributed by atoms with E-state index >= 15 is 0 Å². The van der Waals surface area contributed by atoms with Crippen LogP contribution in [0.4, 0.5) is 5.69 Å². The zero-order valence-electron chi connectivity index (χ0n) is 11.2. The molecule has 0 saturated carbocycles. The minimum absolute atomic E-state index is 0.0381. The molecule has 2 atom stereocenters. The molecule has 3 rings (SSSR count). The maximum absolute atomic E-state index is 12.7. The fraction of sp³-hybridized carbons (Fsp3) is 0.467. The number of carboxylic acids is 1. The van der Waals surface area contributed by atoms with Gasteiger partial charge in [0.2, 0.25) is 5.91 Å². The Balaban J connectivity index is 1.87. The summed E-state index contributed by atoms with van der Waals surface area (Å²) in [6, 6.07) is 7.13. The monoisotopic (exact) mass is 274 g/mol. The van der Waals surface area contributed by atoms with Crippen molar-refractivity contribution in [3.63, 3.8) is 0 Å². The summed E-state index contributed by atoms with van der Waals surface area (Å²) in [6.45, 7) is 1.31. The number of fused-ring (bicyclic) bond motifs is 1. The molecule has 1 amide bonds. The maximum atomic E-state index is 12.7. The van der Waals surface area contributed by atoms with E-state index in [1.165, 1.54) is 0 Å². The fourth-order valence-electron chi connectivity index (χ4n) is 3.21. The van der Waals surface area contributed by atoms with Crippen LogP contribution in [-0.2, 0) is 9.59 Å². The van der Waals surface area contributed by atoms with Crippen molar-refractivity contribution >= 4 is 17.6 Å². The molecule has 2 heterocycles. The molecule has 1 aromatic rings. The zero-order valence-corrected chi connectivity index (χ0v) is 11.2. The number of benzene rings is 1. The molecule has 5 heteroatoms. The van der Waals surface area contributed by atoms with E-state index in [9.17, 15) is 14.7 Å². The molecule has 2 N–H and O–H groups in total. The zero-order chi connectivity index (χ0) is 14.1. The highest BCUT2D eigenvalue weighted by molar-refractivity contribution is 5.90. The van der Waals surface area contributed by atoms with Gasteiger partial charge in [0.1, 0.15) is 6.04 Å². The van der Waals surface area contributed by atoms with Gasteiger partial charge in [-0.05, 0) is 30.9 Å². The summed E-state index contributed by atoms with van der Waals surface area (Å²) in [7, 11) is 0. The number of amides is 1. The third-order valence-corrected chi connectivity index (χ3v) is 4.20. The summed E-state index contributed by atoms with van der Waals surface area (Å²) in [5.41, 5.74) is 1.97. The highest BCUT2D eigenvalue weighted by Crippen LogP contribution is 2.34. The standard InChI is InChI=1S/C15H18N2O3/c18-14(17-9-3-6-13(17)15(19)20)11-7-8-16-12-5-2-1-4-10(11)12/h1-2,4-5,11,13,16H,3,6-9H2,(H,19,20)/t11?,13-/m1/s1. The maximum Gasteiger partial charge on any atom is 0.326 e. The van der Waals surface area contributed by atoms with Gasteiger partial charge in [-0.15, -0.1) is 0 Å². The molecule has 0 aliphatic carbocycles. The summed E-state index contributed by atoms with van der Waals surface area (Å²) in [6.07, 6.45) is 2.06. The minimum atomic E-state index is -0.891. The lowest BCUT2D eigenvalue weighted by Gasteiger charge is -2.31. The third-order valence-electron chi connectivity index (χ3n) is 4.20. The number of hydrogen-bond acceptors (Lipinski definition) is 3. The Hall–Kier alpha value is -2.04. The van der Waals surface area contributed by atoms with Gasteiger partial charge in [-0.2, -0.15) is 0 Å². The lowest BCUT2D eigenvalue weighted by Crippen LogP contribution is -2.43. The van der Waals surface area contributed by atoms with Crippen molar-refractivity contribution in [2.45, 2.75) is 31.2 Å². The van der Waals surface area contributed by atoms with Crippen LogP contribution >= 0.6 is 0 Å². The summed E-state index contributed by atoms with van der Waals surface area (Å²) >= 11 is 0. The molecular weight excluding hydrogens is 256 g/mol. The van der Waals surface area contributed by atoms with E-state index in [1.54, 1.807) is 4.90 Å². The molecule has 1 aromatic carbocycles. The number of anilines is 1. The first-order valence-electron chi connectivity index (χ1n) is 7.04. The Kier molecular flexibility index (Phi) is 3.34. The van der Waals surface area contributed by atoms with E-state index < -0.39 is 12.0 Å². The first-order chi connectivity index (χ1) is 9.68. The van der Waals surface area contributed by atoms with Crippen molar-refractivity contribution < 1.29 is 14.7 Å². The van der Waals surface area contributed by atoms with Crippen LogP contribution in [0.3, 0.4) is 0 Å². The quantitative estimate of drug-likeness (QED) is 0.860. The van der Waals surface area contributed by atoms with Crippen molar-refractivity contribution in [1.82, 2.24) is 4.90 Å². The van der Waals surface area contributed by atoms with Crippen LogP contribution in [0.5, 0.6) is 0 Å². The number of para-hydroxylation sites is 1. The number of carboxylic acid groups (broad SMARTS) is 1. The second-order valence-electron chi connectivity index (χ2n) is 5.38. The fourth-order valence-corrected chi connectivity index (χ4v) is 3.21. The molecule has 2 aliphatic rings. The number of nitrogens with one attached hydrogen (secondary N) is 1. The average molecular weight is 274 g/mol. The second kappa shape index (κ2) is 5.15. The molecule has 1 saturated heterocycles.